The first kappa shape index (κ1) is 30.4. The first-order chi connectivity index (χ1) is 14.7. The van der Waals surface area contributed by atoms with Crippen molar-refractivity contribution in [2.75, 3.05) is 0 Å². The molecule has 0 heterocycles. The number of hydrogen-bond acceptors (Lipinski definition) is 3. The van der Waals surface area contributed by atoms with Gasteiger partial charge in [0.25, 0.3) is 0 Å². The molecular formula is C27H46O2SSn. The topological polar surface area (TPSA) is 34.1 Å². The van der Waals surface area contributed by atoms with E-state index in [1.165, 1.54) is 69.7 Å². The van der Waals surface area contributed by atoms with Crippen molar-refractivity contribution >= 4 is 41.0 Å². The van der Waals surface area contributed by atoms with Crippen molar-refractivity contribution in [1.29, 1.82) is 0 Å². The van der Waals surface area contributed by atoms with Crippen molar-refractivity contribution in [2.45, 2.75) is 105 Å². The van der Waals surface area contributed by atoms with Gasteiger partial charge < -0.3 is 0 Å². The molecule has 0 saturated heterocycles. The van der Waals surface area contributed by atoms with Crippen molar-refractivity contribution in [2.24, 2.45) is 0 Å². The van der Waals surface area contributed by atoms with E-state index in [-0.39, 0.29) is 22.1 Å². The summed E-state index contributed by atoms with van der Waals surface area (Å²) in [5.74, 6) is -0.142. The number of carbonyl (C=O) groups excluding carboxylic acids is 2. The Hall–Kier alpha value is -0.551. The normalized spacial score (nSPS) is 13.4. The van der Waals surface area contributed by atoms with Crippen LogP contribution in [-0.4, -0.2) is 34.0 Å². The van der Waals surface area contributed by atoms with Crippen molar-refractivity contribution in [1.82, 2.24) is 0 Å². The first-order valence-corrected chi connectivity index (χ1v) is 20.6. The molecule has 0 aromatic heterocycles. The number of allylic oxidation sites excluding steroid dienone is 7. The van der Waals surface area contributed by atoms with Crippen LogP contribution >= 0.6 is 11.8 Å². The van der Waals surface area contributed by atoms with Gasteiger partial charge in [-0.1, -0.05) is 20.8 Å². The molecule has 31 heavy (non-hydrogen) atoms. The molecule has 0 atom stereocenters. The summed E-state index contributed by atoms with van der Waals surface area (Å²) >= 11 is -0.953. The minimum atomic E-state index is -2.18. The van der Waals surface area contributed by atoms with Crippen molar-refractivity contribution in [3.05, 3.63) is 46.6 Å². The zero-order valence-electron chi connectivity index (χ0n) is 20.9. The van der Waals surface area contributed by atoms with E-state index in [2.05, 4.69) is 37.0 Å². The molecular weight excluding hydrogens is 507 g/mol. The van der Waals surface area contributed by atoms with Gasteiger partial charge >= 0.3 is 176 Å². The molecule has 0 spiro atoms. The Labute approximate surface area is 201 Å². The molecule has 0 aromatic rings. The van der Waals surface area contributed by atoms with Crippen LogP contribution in [0, 0.1) is 0 Å². The fourth-order valence-corrected chi connectivity index (χ4v) is 18.5. The fourth-order valence-electron chi connectivity index (χ4n) is 3.47. The predicted molar refractivity (Wildman–Crippen MR) is 143 cm³/mol. The van der Waals surface area contributed by atoms with E-state index in [9.17, 15) is 9.59 Å². The van der Waals surface area contributed by atoms with E-state index in [1.807, 2.05) is 39.0 Å². The van der Waals surface area contributed by atoms with Crippen molar-refractivity contribution in [3.8, 4) is 0 Å². The van der Waals surface area contributed by atoms with Crippen LogP contribution in [0.2, 0.25) is 13.3 Å². The molecule has 0 aromatic carbocycles. The summed E-state index contributed by atoms with van der Waals surface area (Å²) < 4.78 is 6.97. The molecule has 0 saturated carbocycles. The predicted octanol–water partition coefficient (Wildman–Crippen LogP) is 8.62. The summed E-state index contributed by atoms with van der Waals surface area (Å²) in [5.41, 5.74) is 0. The molecule has 0 amide bonds. The molecule has 0 bridgehead atoms. The van der Waals surface area contributed by atoms with E-state index < -0.39 is 18.4 Å². The number of carbonyl (C=O) groups is 2. The third-order valence-electron chi connectivity index (χ3n) is 5.11. The molecule has 0 aliphatic heterocycles. The molecule has 0 aliphatic rings. The van der Waals surface area contributed by atoms with E-state index >= 15 is 0 Å². The van der Waals surface area contributed by atoms with E-state index in [1.54, 1.807) is 6.08 Å². The van der Waals surface area contributed by atoms with Gasteiger partial charge in [0.05, 0.1) is 0 Å². The van der Waals surface area contributed by atoms with Gasteiger partial charge in [-0.3, -0.25) is 0 Å². The van der Waals surface area contributed by atoms with Crippen LogP contribution in [0.25, 0.3) is 0 Å². The second kappa shape index (κ2) is 17.9. The third kappa shape index (κ3) is 17.7. The third-order valence-corrected chi connectivity index (χ3v) is 20.2. The Bertz CT molecular complexity index is 602. The van der Waals surface area contributed by atoms with Gasteiger partial charge in [-0.2, -0.15) is 0 Å². The van der Waals surface area contributed by atoms with E-state index in [0.717, 1.165) is 0 Å². The van der Waals surface area contributed by atoms with E-state index in [0.29, 0.717) is 0 Å². The van der Waals surface area contributed by atoms with Crippen LogP contribution < -0.4 is 0 Å². The SMILES string of the molecule is CCC[CH2][Sn](/[CH]=C/C=C/C=C/C=C/C(=O)CC(=O)SC(C)(C)C)([CH2]CCC)[CH2]CCC. The Morgan fingerprint density at radius 1 is 0.742 bits per heavy atom. The Morgan fingerprint density at radius 3 is 1.65 bits per heavy atom. The Balaban J connectivity index is 4.75. The van der Waals surface area contributed by atoms with Gasteiger partial charge in [0.15, 0.2) is 0 Å². The molecule has 0 N–H and O–H groups in total. The Kier molecular flexibility index (Phi) is 17.6. The number of thioether (sulfide) groups is 1. The summed E-state index contributed by atoms with van der Waals surface area (Å²) in [7, 11) is 0. The van der Waals surface area contributed by atoms with Crippen LogP contribution in [0.1, 0.15) is 86.5 Å². The number of hydrogen-bond donors (Lipinski definition) is 0. The van der Waals surface area contributed by atoms with Gasteiger partial charge in [0.1, 0.15) is 0 Å². The second-order valence-electron chi connectivity index (χ2n) is 9.39. The van der Waals surface area contributed by atoms with Crippen LogP contribution in [-0.2, 0) is 9.59 Å². The van der Waals surface area contributed by atoms with Crippen LogP contribution in [0.4, 0.5) is 0 Å². The molecule has 0 fully saturated rings. The molecule has 0 aliphatic carbocycles. The Morgan fingerprint density at radius 2 is 1.19 bits per heavy atom. The van der Waals surface area contributed by atoms with Gasteiger partial charge in [-0.05, 0) is 0 Å². The molecule has 0 radical (unpaired) electrons. The van der Waals surface area contributed by atoms with Crippen LogP contribution in [0.3, 0.4) is 0 Å². The number of unbranched alkanes of at least 4 members (excludes halogenated alkanes) is 3. The fraction of sp³-hybridized carbons (Fsp3) is 0.630. The maximum atomic E-state index is 11.9. The van der Waals surface area contributed by atoms with Gasteiger partial charge in [0, 0.05) is 4.75 Å². The summed E-state index contributed by atoms with van der Waals surface area (Å²) in [5, 5.41) is -0.0693. The molecule has 0 rings (SSSR count). The standard InChI is InChI=1S/C15H19O2S.3C4H9.Sn/c1-5-6-7-8-9-10-11-13(16)12-14(17)18-15(2,3)4;3*1-3-4-2;/h1,5-11H,12H2,2-4H3;3*1,3-4H2,2H3;/b5-1?,7-6+,9-8+,11-10+;;;;. The maximum absolute atomic E-state index is 11.9. The molecule has 4 heteroatoms. The minimum absolute atomic E-state index is 0.0345. The van der Waals surface area contributed by atoms with Gasteiger partial charge in [-0.15, -0.1) is 0 Å². The molecule has 0 unspecified atom stereocenters. The van der Waals surface area contributed by atoms with Crippen molar-refractivity contribution in [3.63, 3.8) is 0 Å². The van der Waals surface area contributed by atoms with Crippen LogP contribution in [0.5, 0.6) is 0 Å². The summed E-state index contributed by atoms with van der Waals surface area (Å²) in [6.07, 6.45) is 21.5. The van der Waals surface area contributed by atoms with Gasteiger partial charge in [-0.25, -0.2) is 0 Å². The molecule has 2 nitrogen and oxygen atoms in total. The quantitative estimate of drug-likeness (QED) is 0.0831. The zero-order valence-corrected chi connectivity index (χ0v) is 24.6. The second-order valence-corrected chi connectivity index (χ2v) is 24.3. The first-order valence-electron chi connectivity index (χ1n) is 12.1. The average molecular weight is 553 g/mol. The van der Waals surface area contributed by atoms with Crippen molar-refractivity contribution < 1.29 is 9.59 Å². The van der Waals surface area contributed by atoms with Gasteiger partial charge in [0.2, 0.25) is 0 Å². The average Bonchev–Trinajstić information content (AvgIpc) is 2.69. The summed E-state index contributed by atoms with van der Waals surface area (Å²) in [4.78, 5) is 23.7. The zero-order chi connectivity index (χ0) is 23.6. The van der Waals surface area contributed by atoms with Crippen LogP contribution in [0.15, 0.2) is 46.6 Å². The molecule has 176 valence electrons. The summed E-state index contributed by atoms with van der Waals surface area (Å²) in [6, 6.07) is 0. The van der Waals surface area contributed by atoms with E-state index in [4.69, 9.17) is 0 Å². The number of ketones is 1. The number of rotatable bonds is 16. The monoisotopic (exact) mass is 554 g/mol. The summed E-state index contributed by atoms with van der Waals surface area (Å²) in [6.45, 7) is 12.9.